The topological polar surface area (TPSA) is 107 Å². The molecule has 0 unspecified atom stereocenters. The number of benzene rings is 1. The van der Waals surface area contributed by atoms with Crippen molar-refractivity contribution >= 4 is 23.7 Å². The average Bonchev–Trinajstić information content (AvgIpc) is 2.60. The Morgan fingerprint density at radius 3 is 2.58 bits per heavy atom. The van der Waals surface area contributed by atoms with Crippen molar-refractivity contribution in [3.05, 3.63) is 71.8 Å². The Labute approximate surface area is 138 Å². The third-order valence-corrected chi connectivity index (χ3v) is 3.08. The Balaban J connectivity index is 2.35. The maximum atomic E-state index is 13.7. The van der Waals surface area contributed by atoms with Crippen molar-refractivity contribution in [1.29, 1.82) is 0 Å². The van der Waals surface area contributed by atoms with Gasteiger partial charge in [0, 0.05) is 11.8 Å². The number of hydrogen-bond acceptors (Lipinski definition) is 4. The van der Waals surface area contributed by atoms with Gasteiger partial charge in [-0.3, -0.25) is 14.8 Å². The van der Waals surface area contributed by atoms with Gasteiger partial charge >= 0.3 is 0 Å². The summed E-state index contributed by atoms with van der Waals surface area (Å²) in [4.78, 5) is 22.4. The summed E-state index contributed by atoms with van der Waals surface area (Å²) in [6.07, 6.45) is 3.35. The number of aliphatic imine (C=N–C) groups is 2. The predicted molar refractivity (Wildman–Crippen MR) is 91.6 cm³/mol. The van der Waals surface area contributed by atoms with E-state index in [4.69, 9.17) is 11.5 Å². The first-order valence-electron chi connectivity index (χ1n) is 7.05. The maximum absolute atomic E-state index is 13.7. The van der Waals surface area contributed by atoms with E-state index in [0.717, 1.165) is 0 Å². The Kier molecular flexibility index (Phi) is 5.90. The molecule has 2 aromatic rings. The van der Waals surface area contributed by atoms with Gasteiger partial charge in [-0.2, -0.15) is 4.99 Å². The number of halogens is 1. The Morgan fingerprint density at radius 2 is 1.92 bits per heavy atom. The highest BCUT2D eigenvalue weighted by Crippen LogP contribution is 2.09. The number of amidine groups is 1. The molecule has 0 spiro atoms. The molecule has 0 saturated carbocycles. The zero-order valence-corrected chi connectivity index (χ0v) is 12.8. The van der Waals surface area contributed by atoms with Crippen LogP contribution in [0.15, 0.2) is 64.7 Å². The first kappa shape index (κ1) is 17.0. The molecule has 6 nitrogen and oxygen atoms in total. The molecule has 0 aliphatic carbocycles. The van der Waals surface area contributed by atoms with Gasteiger partial charge in [0.05, 0.1) is 17.9 Å². The lowest BCUT2D eigenvalue weighted by Crippen LogP contribution is -2.24. The number of carbonyl (C=O) groups is 1. The summed E-state index contributed by atoms with van der Waals surface area (Å²) in [5.74, 6) is -0.492. The molecular formula is C17H16FN5O. The summed E-state index contributed by atoms with van der Waals surface area (Å²) in [5.41, 5.74) is 13.1. The molecule has 2 rings (SSSR count). The summed E-state index contributed by atoms with van der Waals surface area (Å²) in [6, 6.07) is 11.5. The number of hydrogen-bond donors (Lipinski definition) is 2. The number of nitrogens with two attached hydrogens (primary N) is 2. The standard InChI is InChI=1S/C17H16FN5O/c18-13-6-2-1-5-12(13)10-22-16(17(20)23-11-24)9-14(19)15-7-3-4-8-21-15/h1-9,11H,10,19H2,(H2,20,23,24). The fraction of sp³-hybridized carbons (Fsp3) is 0.0588. The fourth-order valence-corrected chi connectivity index (χ4v) is 1.88. The average molecular weight is 325 g/mol. The van der Waals surface area contributed by atoms with E-state index in [1.54, 1.807) is 42.6 Å². The molecule has 0 radical (unpaired) electrons. The van der Waals surface area contributed by atoms with Crippen molar-refractivity contribution in [2.75, 3.05) is 0 Å². The van der Waals surface area contributed by atoms with E-state index in [1.165, 1.54) is 12.1 Å². The SMILES string of the molecule is NC(=CC(=NCc1ccccc1F)C(N)=NC=O)c1ccccn1. The summed E-state index contributed by atoms with van der Waals surface area (Å²) in [7, 11) is 0. The highest BCUT2D eigenvalue weighted by molar-refractivity contribution is 6.46. The van der Waals surface area contributed by atoms with Crippen molar-refractivity contribution in [3.8, 4) is 0 Å². The quantitative estimate of drug-likeness (QED) is 0.478. The first-order valence-corrected chi connectivity index (χ1v) is 7.05. The van der Waals surface area contributed by atoms with Gasteiger partial charge < -0.3 is 11.5 Å². The van der Waals surface area contributed by atoms with Crippen LogP contribution in [0.1, 0.15) is 11.3 Å². The number of pyridine rings is 1. The number of carbonyl (C=O) groups excluding carboxylic acids is 1. The monoisotopic (exact) mass is 325 g/mol. The van der Waals surface area contributed by atoms with Crippen molar-refractivity contribution in [3.63, 3.8) is 0 Å². The van der Waals surface area contributed by atoms with Crippen molar-refractivity contribution < 1.29 is 9.18 Å². The van der Waals surface area contributed by atoms with Crippen LogP contribution in [0, 0.1) is 5.82 Å². The minimum Gasteiger partial charge on any atom is -0.397 e. The molecule has 4 N–H and O–H groups in total. The highest BCUT2D eigenvalue weighted by Gasteiger charge is 2.07. The van der Waals surface area contributed by atoms with Crippen LogP contribution in [0.5, 0.6) is 0 Å². The van der Waals surface area contributed by atoms with E-state index in [9.17, 15) is 9.18 Å². The summed E-state index contributed by atoms with van der Waals surface area (Å²) >= 11 is 0. The summed E-state index contributed by atoms with van der Waals surface area (Å²) < 4.78 is 13.7. The van der Waals surface area contributed by atoms with Gasteiger partial charge in [0.2, 0.25) is 6.41 Å². The molecule has 0 aliphatic rings. The molecule has 1 amide bonds. The zero-order chi connectivity index (χ0) is 17.4. The van der Waals surface area contributed by atoms with Gasteiger partial charge in [-0.15, -0.1) is 0 Å². The molecule has 0 bridgehead atoms. The second kappa shape index (κ2) is 8.33. The molecule has 1 aromatic heterocycles. The lowest BCUT2D eigenvalue weighted by molar-refractivity contribution is -0.106. The summed E-state index contributed by atoms with van der Waals surface area (Å²) in [5, 5.41) is 0. The molecule has 122 valence electrons. The zero-order valence-electron chi connectivity index (χ0n) is 12.8. The van der Waals surface area contributed by atoms with Gasteiger partial charge in [-0.1, -0.05) is 24.3 Å². The van der Waals surface area contributed by atoms with Crippen LogP contribution in [-0.4, -0.2) is 22.9 Å². The molecule has 7 heteroatoms. The Bertz CT molecular complexity index is 800. The largest absolute Gasteiger partial charge is 0.397 e. The number of amides is 1. The predicted octanol–water partition coefficient (Wildman–Crippen LogP) is 1.68. The van der Waals surface area contributed by atoms with Crippen molar-refractivity contribution in [2.24, 2.45) is 21.5 Å². The van der Waals surface area contributed by atoms with Crippen LogP contribution in [0.3, 0.4) is 0 Å². The van der Waals surface area contributed by atoms with Gasteiger partial charge in [0.1, 0.15) is 11.5 Å². The fourth-order valence-electron chi connectivity index (χ4n) is 1.88. The number of rotatable bonds is 6. The minimum absolute atomic E-state index is 0.0308. The van der Waals surface area contributed by atoms with E-state index in [0.29, 0.717) is 23.4 Å². The second-order valence-electron chi connectivity index (χ2n) is 4.73. The van der Waals surface area contributed by atoms with E-state index in [1.807, 2.05) is 0 Å². The lowest BCUT2D eigenvalue weighted by atomic mass is 10.2. The molecule has 0 fully saturated rings. The van der Waals surface area contributed by atoms with Crippen LogP contribution in [0.2, 0.25) is 0 Å². The molecule has 1 aromatic carbocycles. The molecule has 1 heterocycles. The smallest absolute Gasteiger partial charge is 0.234 e. The van der Waals surface area contributed by atoms with Crippen molar-refractivity contribution in [2.45, 2.75) is 6.54 Å². The van der Waals surface area contributed by atoms with E-state index < -0.39 is 0 Å². The lowest BCUT2D eigenvalue weighted by Gasteiger charge is -2.05. The van der Waals surface area contributed by atoms with Crippen LogP contribution >= 0.6 is 0 Å². The van der Waals surface area contributed by atoms with E-state index >= 15 is 0 Å². The number of aromatic nitrogens is 1. The first-order chi connectivity index (χ1) is 11.6. The van der Waals surface area contributed by atoms with Crippen LogP contribution in [0.25, 0.3) is 5.70 Å². The Morgan fingerprint density at radius 1 is 1.17 bits per heavy atom. The summed E-state index contributed by atoms with van der Waals surface area (Å²) in [6.45, 7) is 0.0308. The normalized spacial score (nSPS) is 13.0. The van der Waals surface area contributed by atoms with Crippen LogP contribution < -0.4 is 11.5 Å². The number of nitrogens with zero attached hydrogens (tertiary/aromatic N) is 3. The van der Waals surface area contributed by atoms with E-state index in [2.05, 4.69) is 15.0 Å². The third-order valence-electron chi connectivity index (χ3n) is 3.08. The van der Waals surface area contributed by atoms with Gasteiger partial charge in [-0.05, 0) is 24.3 Å². The van der Waals surface area contributed by atoms with Gasteiger partial charge in [0.25, 0.3) is 0 Å². The molecule has 0 saturated heterocycles. The molecular weight excluding hydrogens is 309 g/mol. The van der Waals surface area contributed by atoms with E-state index in [-0.39, 0.29) is 23.9 Å². The van der Waals surface area contributed by atoms with Gasteiger partial charge in [0.15, 0.2) is 5.84 Å². The minimum atomic E-state index is -0.381. The molecule has 0 aliphatic heterocycles. The van der Waals surface area contributed by atoms with Crippen molar-refractivity contribution in [1.82, 2.24) is 4.98 Å². The maximum Gasteiger partial charge on any atom is 0.234 e. The molecule has 0 atom stereocenters. The van der Waals surface area contributed by atoms with Gasteiger partial charge in [-0.25, -0.2) is 4.39 Å². The van der Waals surface area contributed by atoms with Crippen LogP contribution in [-0.2, 0) is 11.3 Å². The highest BCUT2D eigenvalue weighted by atomic mass is 19.1. The van der Waals surface area contributed by atoms with Crippen LogP contribution in [0.4, 0.5) is 4.39 Å². The third kappa shape index (κ3) is 4.57. The Hall–Kier alpha value is -3.35. The molecule has 24 heavy (non-hydrogen) atoms. The second-order valence-corrected chi connectivity index (χ2v) is 4.73.